The zero-order chi connectivity index (χ0) is 16.7. The van der Waals surface area contributed by atoms with E-state index < -0.39 is 35.3 Å². The van der Waals surface area contributed by atoms with Crippen molar-refractivity contribution in [3.05, 3.63) is 0 Å². The fraction of sp³-hybridized carbons (Fsp3) is 0.692. The van der Waals surface area contributed by atoms with Crippen LogP contribution in [0.3, 0.4) is 0 Å². The number of nitrogens with zero attached hydrogens (tertiary/aromatic N) is 2. The SMILES string of the molecule is CN1C(=O)NC(=O)[C@]12C[C@@H](NC=O)N(C(=O)OC(C)(C)C)C2. The minimum absolute atomic E-state index is 0.0402. The summed E-state index contributed by atoms with van der Waals surface area (Å²) in [6, 6.07) is -0.527. The van der Waals surface area contributed by atoms with Gasteiger partial charge in [-0.2, -0.15) is 0 Å². The number of likely N-dealkylation sites (N-methyl/N-ethyl adjacent to an activating group) is 1. The molecule has 0 unspecified atom stereocenters. The van der Waals surface area contributed by atoms with Gasteiger partial charge in [0.25, 0.3) is 5.91 Å². The molecule has 0 bridgehead atoms. The maximum absolute atomic E-state index is 12.3. The van der Waals surface area contributed by atoms with Gasteiger partial charge in [-0.25, -0.2) is 9.59 Å². The van der Waals surface area contributed by atoms with E-state index in [9.17, 15) is 19.2 Å². The molecule has 0 radical (unpaired) electrons. The van der Waals surface area contributed by atoms with Crippen LogP contribution in [0.4, 0.5) is 9.59 Å². The Bertz CT molecular complexity index is 529. The maximum Gasteiger partial charge on any atom is 0.412 e. The molecule has 0 aromatic carbocycles. The van der Waals surface area contributed by atoms with Gasteiger partial charge in [0, 0.05) is 13.5 Å². The van der Waals surface area contributed by atoms with E-state index in [2.05, 4.69) is 10.6 Å². The topological polar surface area (TPSA) is 108 Å². The van der Waals surface area contributed by atoms with E-state index in [-0.39, 0.29) is 13.0 Å². The number of hydrogen-bond acceptors (Lipinski definition) is 5. The lowest BCUT2D eigenvalue weighted by Gasteiger charge is -2.29. The van der Waals surface area contributed by atoms with Crippen LogP contribution >= 0.6 is 0 Å². The van der Waals surface area contributed by atoms with Gasteiger partial charge in [0.1, 0.15) is 17.3 Å². The molecule has 0 saturated carbocycles. The minimum atomic E-state index is -1.19. The zero-order valence-electron chi connectivity index (χ0n) is 13.0. The monoisotopic (exact) mass is 312 g/mol. The van der Waals surface area contributed by atoms with E-state index in [1.807, 2.05) is 0 Å². The first-order chi connectivity index (χ1) is 10.1. The lowest BCUT2D eigenvalue weighted by atomic mass is 9.97. The van der Waals surface area contributed by atoms with Crippen LogP contribution in [-0.2, 0) is 14.3 Å². The number of amides is 5. The number of likely N-dealkylation sites (tertiary alicyclic amines) is 1. The average Bonchev–Trinajstić information content (AvgIpc) is 2.85. The van der Waals surface area contributed by atoms with Crippen LogP contribution < -0.4 is 10.6 Å². The number of imide groups is 1. The molecule has 22 heavy (non-hydrogen) atoms. The molecule has 2 aliphatic rings. The molecule has 5 amide bonds. The highest BCUT2D eigenvalue weighted by Crippen LogP contribution is 2.34. The number of nitrogens with one attached hydrogen (secondary N) is 2. The van der Waals surface area contributed by atoms with Gasteiger partial charge in [0.2, 0.25) is 6.41 Å². The fourth-order valence-electron chi connectivity index (χ4n) is 2.68. The smallest absolute Gasteiger partial charge is 0.412 e. The normalized spacial score (nSPS) is 28.1. The number of urea groups is 1. The summed E-state index contributed by atoms with van der Waals surface area (Å²) in [7, 11) is 1.48. The van der Waals surface area contributed by atoms with Crippen molar-refractivity contribution in [3.8, 4) is 0 Å². The molecule has 2 atom stereocenters. The molecule has 2 fully saturated rings. The van der Waals surface area contributed by atoms with E-state index in [1.54, 1.807) is 20.8 Å². The quantitative estimate of drug-likeness (QED) is 0.534. The van der Waals surface area contributed by atoms with Crippen molar-refractivity contribution in [2.24, 2.45) is 0 Å². The van der Waals surface area contributed by atoms with Crippen LogP contribution in [0, 0.1) is 0 Å². The van der Waals surface area contributed by atoms with Gasteiger partial charge in [-0.3, -0.25) is 19.8 Å². The van der Waals surface area contributed by atoms with E-state index in [0.29, 0.717) is 6.41 Å². The molecule has 0 aromatic rings. The number of hydrogen-bond donors (Lipinski definition) is 2. The predicted molar refractivity (Wildman–Crippen MR) is 74.6 cm³/mol. The highest BCUT2D eigenvalue weighted by Gasteiger charge is 2.59. The summed E-state index contributed by atoms with van der Waals surface area (Å²) in [4.78, 5) is 49.4. The molecule has 1 spiro atoms. The summed E-state index contributed by atoms with van der Waals surface area (Å²) in [6.45, 7) is 5.12. The van der Waals surface area contributed by atoms with Gasteiger partial charge < -0.3 is 15.0 Å². The second kappa shape index (κ2) is 5.15. The molecule has 2 N–H and O–H groups in total. The third kappa shape index (κ3) is 2.58. The first-order valence-corrected chi connectivity index (χ1v) is 6.89. The first kappa shape index (κ1) is 16.1. The first-order valence-electron chi connectivity index (χ1n) is 6.89. The zero-order valence-corrected chi connectivity index (χ0v) is 13.0. The van der Waals surface area contributed by atoms with Crippen molar-refractivity contribution in [1.29, 1.82) is 0 Å². The number of ether oxygens (including phenoxy) is 1. The third-order valence-corrected chi connectivity index (χ3v) is 3.82. The Morgan fingerprint density at radius 2 is 2.09 bits per heavy atom. The van der Waals surface area contributed by atoms with Gasteiger partial charge in [-0.05, 0) is 20.8 Å². The maximum atomic E-state index is 12.3. The molecular weight excluding hydrogens is 292 g/mol. The predicted octanol–water partition coefficient (Wildman–Crippen LogP) is -0.380. The molecule has 0 aliphatic carbocycles. The molecule has 0 aromatic heterocycles. The summed E-state index contributed by atoms with van der Waals surface area (Å²) in [5.74, 6) is -0.483. The van der Waals surface area contributed by atoms with Crippen LogP contribution in [0.1, 0.15) is 27.2 Å². The Morgan fingerprint density at radius 1 is 1.45 bits per heavy atom. The molecule has 2 heterocycles. The largest absolute Gasteiger partial charge is 0.444 e. The van der Waals surface area contributed by atoms with Crippen molar-refractivity contribution in [2.75, 3.05) is 13.6 Å². The summed E-state index contributed by atoms with van der Waals surface area (Å²) in [5.41, 5.74) is -1.90. The Kier molecular flexibility index (Phi) is 3.76. The molecule has 122 valence electrons. The van der Waals surface area contributed by atoms with Crippen LogP contribution in [0.25, 0.3) is 0 Å². The molecule has 2 aliphatic heterocycles. The van der Waals surface area contributed by atoms with Gasteiger partial charge in [-0.15, -0.1) is 0 Å². The standard InChI is InChI=1S/C13H20N4O5/c1-12(2,3)22-11(21)17-6-13(5-8(17)14-7-18)9(19)15-10(20)16(13)4/h7-8H,5-6H2,1-4H3,(H,14,18)(H,15,19,20)/t8-,13+/m0/s1. The minimum Gasteiger partial charge on any atom is -0.444 e. The van der Waals surface area contributed by atoms with Crippen LogP contribution in [0.2, 0.25) is 0 Å². The van der Waals surface area contributed by atoms with E-state index in [1.165, 1.54) is 16.8 Å². The van der Waals surface area contributed by atoms with Crippen LogP contribution in [0.15, 0.2) is 0 Å². The Morgan fingerprint density at radius 3 is 2.55 bits per heavy atom. The highest BCUT2D eigenvalue weighted by molar-refractivity contribution is 6.07. The summed E-state index contributed by atoms with van der Waals surface area (Å²) >= 11 is 0. The fourth-order valence-corrected chi connectivity index (χ4v) is 2.68. The second-order valence-electron chi connectivity index (χ2n) is 6.46. The Hall–Kier alpha value is -2.32. The summed E-state index contributed by atoms with van der Waals surface area (Å²) < 4.78 is 5.29. The third-order valence-electron chi connectivity index (χ3n) is 3.82. The van der Waals surface area contributed by atoms with Crippen molar-refractivity contribution in [2.45, 2.75) is 44.5 Å². The van der Waals surface area contributed by atoms with E-state index >= 15 is 0 Å². The molecular formula is C13H20N4O5. The lowest BCUT2D eigenvalue weighted by Crippen LogP contribution is -2.51. The van der Waals surface area contributed by atoms with Gasteiger partial charge in [0.15, 0.2) is 0 Å². The number of carbonyl (C=O) groups excluding carboxylic acids is 4. The van der Waals surface area contributed by atoms with Crippen molar-refractivity contribution in [3.63, 3.8) is 0 Å². The Labute approximate surface area is 127 Å². The number of rotatable bonds is 2. The molecule has 9 nitrogen and oxygen atoms in total. The van der Waals surface area contributed by atoms with Crippen molar-refractivity contribution in [1.82, 2.24) is 20.4 Å². The molecule has 2 rings (SSSR count). The van der Waals surface area contributed by atoms with Crippen molar-refractivity contribution >= 4 is 24.4 Å². The van der Waals surface area contributed by atoms with Gasteiger partial charge >= 0.3 is 12.1 Å². The highest BCUT2D eigenvalue weighted by atomic mass is 16.6. The van der Waals surface area contributed by atoms with E-state index in [4.69, 9.17) is 4.74 Å². The van der Waals surface area contributed by atoms with Crippen LogP contribution in [-0.4, -0.2) is 65.1 Å². The number of carbonyl (C=O) groups is 4. The average molecular weight is 312 g/mol. The van der Waals surface area contributed by atoms with E-state index in [0.717, 1.165) is 0 Å². The summed E-state index contributed by atoms with van der Waals surface area (Å²) in [6.07, 6.45) is -0.801. The molecule has 9 heteroatoms. The lowest BCUT2D eigenvalue weighted by molar-refractivity contribution is -0.125. The second-order valence-corrected chi connectivity index (χ2v) is 6.46. The summed E-state index contributed by atoms with van der Waals surface area (Å²) in [5, 5.41) is 4.72. The molecule has 2 saturated heterocycles. The van der Waals surface area contributed by atoms with Gasteiger partial charge in [-0.1, -0.05) is 0 Å². The van der Waals surface area contributed by atoms with Crippen molar-refractivity contribution < 1.29 is 23.9 Å². The van der Waals surface area contributed by atoms with Gasteiger partial charge in [0.05, 0.1) is 6.54 Å². The van der Waals surface area contributed by atoms with Crippen LogP contribution in [0.5, 0.6) is 0 Å². The Balaban J connectivity index is 2.27.